The first kappa shape index (κ1) is 12.1. The second-order valence-corrected chi connectivity index (χ2v) is 4.80. The number of hydrogen-bond acceptors (Lipinski definition) is 2. The normalized spacial score (nSPS) is 25.8. The van der Waals surface area contributed by atoms with Crippen molar-refractivity contribution in [2.45, 2.75) is 25.8 Å². The van der Waals surface area contributed by atoms with E-state index in [2.05, 4.69) is 12.2 Å². The maximum Gasteiger partial charge on any atom is 0.244 e. The van der Waals surface area contributed by atoms with Crippen LogP contribution < -0.4 is 10.2 Å². The van der Waals surface area contributed by atoms with Crippen LogP contribution in [0, 0.1) is 5.92 Å². The zero-order valence-electron chi connectivity index (χ0n) is 10.5. The number of para-hydroxylation sites is 1. The average molecular weight is 232 g/mol. The molecule has 1 aliphatic rings. The van der Waals surface area contributed by atoms with Gasteiger partial charge in [-0.2, -0.15) is 0 Å². The predicted molar refractivity (Wildman–Crippen MR) is 70.0 cm³/mol. The Balaban J connectivity index is 2.24. The quantitative estimate of drug-likeness (QED) is 0.846. The highest BCUT2D eigenvalue weighted by molar-refractivity contribution is 5.97. The minimum absolute atomic E-state index is 0.0484. The van der Waals surface area contributed by atoms with Crippen molar-refractivity contribution < 1.29 is 4.79 Å². The van der Waals surface area contributed by atoms with Crippen LogP contribution in [-0.2, 0) is 4.79 Å². The van der Waals surface area contributed by atoms with E-state index in [1.165, 1.54) is 0 Å². The largest absolute Gasteiger partial charge is 0.311 e. The Bertz CT molecular complexity index is 377. The number of rotatable bonds is 2. The number of nitrogens with zero attached hydrogens (tertiary/aromatic N) is 1. The lowest BCUT2D eigenvalue weighted by molar-refractivity contribution is -0.120. The number of nitrogens with one attached hydrogen (secondary N) is 1. The lowest BCUT2D eigenvalue weighted by atomic mass is 10.0. The van der Waals surface area contributed by atoms with Gasteiger partial charge in [0.05, 0.1) is 6.04 Å². The fourth-order valence-electron chi connectivity index (χ4n) is 2.37. The third-order valence-corrected chi connectivity index (χ3v) is 3.46. The molecule has 1 amide bonds. The summed E-state index contributed by atoms with van der Waals surface area (Å²) in [4.78, 5) is 14.3. The molecule has 2 unspecified atom stereocenters. The van der Waals surface area contributed by atoms with Gasteiger partial charge in [0.2, 0.25) is 5.91 Å². The standard InChI is InChI=1S/C14H20N2O/c1-11-8-9-16(12-6-4-3-5-7-12)14(17)13(10-11)15-2/h3-7,11,13,15H,8-10H2,1-2H3. The van der Waals surface area contributed by atoms with Gasteiger partial charge in [-0.15, -0.1) is 0 Å². The summed E-state index contributed by atoms with van der Waals surface area (Å²) in [7, 11) is 1.86. The molecule has 17 heavy (non-hydrogen) atoms. The van der Waals surface area contributed by atoms with Gasteiger partial charge in [0.15, 0.2) is 0 Å². The van der Waals surface area contributed by atoms with Crippen molar-refractivity contribution in [3.8, 4) is 0 Å². The van der Waals surface area contributed by atoms with E-state index in [9.17, 15) is 4.79 Å². The molecule has 3 nitrogen and oxygen atoms in total. The van der Waals surface area contributed by atoms with E-state index in [4.69, 9.17) is 0 Å². The molecule has 1 N–H and O–H groups in total. The Morgan fingerprint density at radius 3 is 2.65 bits per heavy atom. The first-order valence-electron chi connectivity index (χ1n) is 6.26. The third kappa shape index (κ3) is 2.67. The zero-order chi connectivity index (χ0) is 12.3. The van der Waals surface area contributed by atoms with Gasteiger partial charge in [-0.1, -0.05) is 25.1 Å². The van der Waals surface area contributed by atoms with Crippen molar-refractivity contribution in [3.05, 3.63) is 30.3 Å². The summed E-state index contributed by atoms with van der Waals surface area (Å²) < 4.78 is 0. The van der Waals surface area contributed by atoms with E-state index < -0.39 is 0 Å². The lowest BCUT2D eigenvalue weighted by Crippen LogP contribution is -2.44. The molecule has 0 bridgehead atoms. The maximum atomic E-state index is 12.4. The molecule has 1 saturated heterocycles. The Hall–Kier alpha value is -1.35. The minimum Gasteiger partial charge on any atom is -0.311 e. The van der Waals surface area contributed by atoms with Crippen LogP contribution in [0.5, 0.6) is 0 Å². The summed E-state index contributed by atoms with van der Waals surface area (Å²) >= 11 is 0. The summed E-state index contributed by atoms with van der Waals surface area (Å²) in [6, 6.07) is 9.88. The molecule has 0 aromatic heterocycles. The number of hydrogen-bond donors (Lipinski definition) is 1. The monoisotopic (exact) mass is 232 g/mol. The van der Waals surface area contributed by atoms with E-state index in [1.54, 1.807) is 0 Å². The molecule has 1 aromatic rings. The third-order valence-electron chi connectivity index (χ3n) is 3.46. The van der Waals surface area contributed by atoms with E-state index in [0.29, 0.717) is 5.92 Å². The van der Waals surface area contributed by atoms with Gasteiger partial charge in [-0.05, 0) is 37.9 Å². The molecule has 2 atom stereocenters. The molecule has 0 saturated carbocycles. The Morgan fingerprint density at radius 2 is 2.00 bits per heavy atom. The summed E-state index contributed by atoms with van der Waals surface area (Å²) in [6.45, 7) is 3.04. The molecular weight excluding hydrogens is 212 g/mol. The van der Waals surface area contributed by atoms with Crippen LogP contribution in [-0.4, -0.2) is 25.5 Å². The number of likely N-dealkylation sites (N-methyl/N-ethyl adjacent to an activating group) is 1. The van der Waals surface area contributed by atoms with E-state index in [1.807, 2.05) is 42.3 Å². The highest BCUT2D eigenvalue weighted by Gasteiger charge is 2.29. The van der Waals surface area contributed by atoms with Crippen LogP contribution in [0.2, 0.25) is 0 Å². The summed E-state index contributed by atoms with van der Waals surface area (Å²) in [6.07, 6.45) is 2.00. The summed E-state index contributed by atoms with van der Waals surface area (Å²) in [5.74, 6) is 0.785. The molecule has 1 heterocycles. The van der Waals surface area contributed by atoms with Crippen LogP contribution in [0.4, 0.5) is 5.69 Å². The smallest absolute Gasteiger partial charge is 0.244 e. The molecule has 1 aliphatic heterocycles. The van der Waals surface area contributed by atoms with Crippen molar-refractivity contribution in [1.29, 1.82) is 0 Å². The van der Waals surface area contributed by atoms with Crippen molar-refractivity contribution in [3.63, 3.8) is 0 Å². The maximum absolute atomic E-state index is 12.4. The van der Waals surface area contributed by atoms with E-state index in [0.717, 1.165) is 25.1 Å². The first-order valence-corrected chi connectivity index (χ1v) is 6.26. The molecule has 1 aromatic carbocycles. The summed E-state index contributed by atoms with van der Waals surface area (Å²) in [5.41, 5.74) is 1.01. The summed E-state index contributed by atoms with van der Waals surface area (Å²) in [5, 5.41) is 3.13. The molecule has 1 fully saturated rings. The topological polar surface area (TPSA) is 32.3 Å². The lowest BCUT2D eigenvalue weighted by Gasteiger charge is -2.24. The Morgan fingerprint density at radius 1 is 1.29 bits per heavy atom. The van der Waals surface area contributed by atoms with Crippen molar-refractivity contribution in [2.24, 2.45) is 5.92 Å². The second-order valence-electron chi connectivity index (χ2n) is 4.80. The van der Waals surface area contributed by atoms with Gasteiger partial charge < -0.3 is 10.2 Å². The zero-order valence-corrected chi connectivity index (χ0v) is 10.5. The predicted octanol–water partition coefficient (Wildman–Crippen LogP) is 2.04. The van der Waals surface area contributed by atoms with Crippen LogP contribution in [0.25, 0.3) is 0 Å². The van der Waals surface area contributed by atoms with Gasteiger partial charge in [-0.25, -0.2) is 0 Å². The highest BCUT2D eigenvalue weighted by atomic mass is 16.2. The molecular formula is C14H20N2O. The second kappa shape index (κ2) is 5.32. The van der Waals surface area contributed by atoms with Gasteiger partial charge in [0, 0.05) is 12.2 Å². The molecule has 2 rings (SSSR count). The molecule has 92 valence electrons. The highest BCUT2D eigenvalue weighted by Crippen LogP contribution is 2.23. The molecule has 0 aliphatic carbocycles. The van der Waals surface area contributed by atoms with Crippen LogP contribution in [0.15, 0.2) is 30.3 Å². The van der Waals surface area contributed by atoms with Crippen LogP contribution in [0.1, 0.15) is 19.8 Å². The Kier molecular flexibility index (Phi) is 3.79. The number of carbonyl (C=O) groups excluding carboxylic acids is 1. The van der Waals surface area contributed by atoms with E-state index >= 15 is 0 Å². The van der Waals surface area contributed by atoms with Gasteiger partial charge in [0.1, 0.15) is 0 Å². The SMILES string of the molecule is CNC1CC(C)CCN(c2ccccc2)C1=O. The fourth-order valence-corrected chi connectivity index (χ4v) is 2.37. The number of benzene rings is 1. The van der Waals surface area contributed by atoms with Crippen LogP contribution >= 0.6 is 0 Å². The Labute approximate surface area is 103 Å². The van der Waals surface area contributed by atoms with Crippen molar-refractivity contribution in [1.82, 2.24) is 5.32 Å². The fraction of sp³-hybridized carbons (Fsp3) is 0.500. The minimum atomic E-state index is -0.0484. The number of carbonyl (C=O) groups is 1. The van der Waals surface area contributed by atoms with Crippen LogP contribution in [0.3, 0.4) is 0 Å². The van der Waals surface area contributed by atoms with Gasteiger partial charge >= 0.3 is 0 Å². The molecule has 0 radical (unpaired) electrons. The van der Waals surface area contributed by atoms with Gasteiger partial charge in [0.25, 0.3) is 0 Å². The number of anilines is 1. The first-order chi connectivity index (χ1) is 8.22. The van der Waals surface area contributed by atoms with Gasteiger partial charge in [-0.3, -0.25) is 4.79 Å². The molecule has 3 heteroatoms. The number of amides is 1. The van der Waals surface area contributed by atoms with Crippen molar-refractivity contribution >= 4 is 11.6 Å². The average Bonchev–Trinajstić information content (AvgIpc) is 2.50. The van der Waals surface area contributed by atoms with E-state index in [-0.39, 0.29) is 11.9 Å². The molecule has 0 spiro atoms. The van der Waals surface area contributed by atoms with Crippen molar-refractivity contribution in [2.75, 3.05) is 18.5 Å².